The SMILES string of the molecule is CCC1=CCC(NPP)C(OC2C(C)CC(N)C(OC3OCC(C)(O)C(NC)C3O)C2O)O1. The van der Waals surface area contributed by atoms with Crippen LogP contribution in [0.5, 0.6) is 0 Å². The van der Waals surface area contributed by atoms with Gasteiger partial charge < -0.3 is 45.3 Å². The Morgan fingerprint density at radius 3 is 2.61 bits per heavy atom. The van der Waals surface area contributed by atoms with Crippen LogP contribution in [0, 0.1) is 5.92 Å². The van der Waals surface area contributed by atoms with Crippen molar-refractivity contribution in [2.45, 2.75) is 101 Å². The summed E-state index contributed by atoms with van der Waals surface area (Å²) in [6.45, 7) is 5.58. The molecule has 192 valence electrons. The quantitative estimate of drug-likeness (QED) is 0.246. The van der Waals surface area contributed by atoms with Gasteiger partial charge in [-0.1, -0.05) is 22.8 Å². The lowest BCUT2D eigenvalue weighted by atomic mass is 9.80. The van der Waals surface area contributed by atoms with Gasteiger partial charge in [0.25, 0.3) is 0 Å². The van der Waals surface area contributed by atoms with Crippen molar-refractivity contribution in [2.75, 3.05) is 13.7 Å². The summed E-state index contributed by atoms with van der Waals surface area (Å²) < 4.78 is 24.1. The van der Waals surface area contributed by atoms with Crippen LogP contribution in [0.2, 0.25) is 0 Å². The number of hydrogen-bond acceptors (Lipinski definition) is 10. The molecule has 2 heterocycles. The van der Waals surface area contributed by atoms with Crippen molar-refractivity contribution < 1.29 is 34.3 Å². The first-order valence-electron chi connectivity index (χ1n) is 11.6. The van der Waals surface area contributed by atoms with Gasteiger partial charge in [-0.2, -0.15) is 0 Å². The third-order valence-electron chi connectivity index (χ3n) is 6.84. The highest BCUT2D eigenvalue weighted by molar-refractivity contribution is 8.01. The van der Waals surface area contributed by atoms with Crippen molar-refractivity contribution in [3.05, 3.63) is 11.8 Å². The topological polar surface area (TPSA) is 148 Å². The Bertz CT molecular complexity index is 674. The lowest BCUT2D eigenvalue weighted by Crippen LogP contribution is -2.67. The van der Waals surface area contributed by atoms with Crippen LogP contribution in [0.1, 0.15) is 40.0 Å². The molecule has 7 N–H and O–H groups in total. The van der Waals surface area contributed by atoms with Gasteiger partial charge in [-0.3, -0.25) is 5.09 Å². The zero-order valence-corrected chi connectivity index (χ0v) is 22.0. The Morgan fingerprint density at radius 2 is 1.97 bits per heavy atom. The van der Waals surface area contributed by atoms with Gasteiger partial charge in [-0.05, 0) is 47.2 Å². The molecule has 0 aromatic carbocycles. The van der Waals surface area contributed by atoms with E-state index in [2.05, 4.69) is 25.4 Å². The van der Waals surface area contributed by atoms with Crippen molar-refractivity contribution in [3.8, 4) is 0 Å². The van der Waals surface area contributed by atoms with E-state index in [4.69, 9.17) is 24.7 Å². The molecular weight excluding hydrogens is 468 g/mol. The van der Waals surface area contributed by atoms with Crippen LogP contribution in [0.4, 0.5) is 0 Å². The first kappa shape index (κ1) is 27.6. The largest absolute Gasteiger partial charge is 0.468 e. The minimum atomic E-state index is -1.26. The zero-order valence-electron chi connectivity index (χ0n) is 19.8. The third-order valence-corrected chi connectivity index (χ3v) is 7.87. The van der Waals surface area contributed by atoms with Gasteiger partial charge in [0.15, 0.2) is 6.29 Å². The summed E-state index contributed by atoms with van der Waals surface area (Å²) in [6, 6.07) is -1.16. The van der Waals surface area contributed by atoms with E-state index in [9.17, 15) is 15.3 Å². The van der Waals surface area contributed by atoms with Gasteiger partial charge in [-0.25, -0.2) is 0 Å². The summed E-state index contributed by atoms with van der Waals surface area (Å²) in [5.41, 5.74) is 5.10. The molecule has 0 aromatic rings. The van der Waals surface area contributed by atoms with Crippen LogP contribution < -0.4 is 16.1 Å². The van der Waals surface area contributed by atoms with E-state index in [-0.39, 0.29) is 18.6 Å². The van der Waals surface area contributed by atoms with E-state index in [1.54, 1.807) is 14.0 Å². The number of nitrogens with two attached hydrogens (primary N) is 1. The normalized spacial score (nSPS) is 46.9. The molecule has 1 aliphatic carbocycles. The Labute approximate surface area is 200 Å². The van der Waals surface area contributed by atoms with E-state index >= 15 is 0 Å². The number of allylic oxidation sites excluding steroid dienone is 1. The van der Waals surface area contributed by atoms with Gasteiger partial charge in [-0.15, -0.1) is 0 Å². The number of aliphatic hydroxyl groups is 3. The number of aliphatic hydroxyl groups excluding tert-OH is 2. The smallest absolute Gasteiger partial charge is 0.215 e. The van der Waals surface area contributed by atoms with Gasteiger partial charge >= 0.3 is 0 Å². The van der Waals surface area contributed by atoms with E-state index in [0.717, 1.165) is 18.6 Å². The summed E-state index contributed by atoms with van der Waals surface area (Å²) in [5, 5.41) is 38.8. The van der Waals surface area contributed by atoms with Crippen LogP contribution in [0.3, 0.4) is 0 Å². The fourth-order valence-corrected chi connectivity index (χ4v) is 6.09. The number of nitrogens with one attached hydrogen (secondary N) is 2. The average Bonchev–Trinajstić information content (AvgIpc) is 2.76. The predicted molar refractivity (Wildman–Crippen MR) is 130 cm³/mol. The molecule has 13 unspecified atom stereocenters. The molecule has 1 saturated heterocycles. The maximum absolute atomic E-state index is 11.3. The average molecular weight is 510 g/mol. The maximum atomic E-state index is 11.3. The summed E-state index contributed by atoms with van der Waals surface area (Å²) in [4.78, 5) is 0. The Balaban J connectivity index is 1.71. The van der Waals surface area contributed by atoms with Gasteiger partial charge in [0, 0.05) is 12.5 Å². The standard InChI is InChI=1S/C21H41N3O7P2/c1-5-11-6-7-13(24-33-32)19(29-11)30-16-10(2)8-12(22)17(14(16)25)31-20-15(26)18(23-4)21(3,27)9-28-20/h6,10,12-20,23-27,33H,5,7-9,22,32H2,1-4H3. The van der Waals surface area contributed by atoms with Gasteiger partial charge in [0.1, 0.15) is 23.9 Å². The highest BCUT2D eigenvalue weighted by atomic mass is 32.0. The lowest BCUT2D eigenvalue weighted by Gasteiger charge is -2.48. The third kappa shape index (κ3) is 6.25. The molecule has 0 radical (unpaired) electrons. The number of hydrogen-bond donors (Lipinski definition) is 6. The highest BCUT2D eigenvalue weighted by Gasteiger charge is 2.50. The lowest BCUT2D eigenvalue weighted by molar-refractivity contribution is -0.305. The van der Waals surface area contributed by atoms with E-state index in [0.29, 0.717) is 14.8 Å². The van der Waals surface area contributed by atoms with Crippen molar-refractivity contribution in [1.82, 2.24) is 10.4 Å². The van der Waals surface area contributed by atoms with Crippen molar-refractivity contribution in [2.24, 2.45) is 11.7 Å². The van der Waals surface area contributed by atoms with E-state index in [1.807, 2.05) is 13.8 Å². The second-order valence-corrected chi connectivity index (χ2v) is 10.9. The Morgan fingerprint density at radius 1 is 1.27 bits per heavy atom. The van der Waals surface area contributed by atoms with E-state index in [1.165, 1.54) is 0 Å². The summed E-state index contributed by atoms with van der Waals surface area (Å²) in [5.74, 6) is 0.841. The molecule has 2 aliphatic heterocycles. The van der Waals surface area contributed by atoms with Gasteiger partial charge in [0.05, 0.1) is 30.6 Å². The molecule has 0 bridgehead atoms. The summed E-state index contributed by atoms with van der Waals surface area (Å²) in [6.07, 6.45) is -0.994. The Kier molecular flexibility index (Phi) is 9.92. The van der Waals surface area contributed by atoms with Crippen molar-refractivity contribution in [3.63, 3.8) is 0 Å². The van der Waals surface area contributed by atoms with Crippen LogP contribution in [-0.2, 0) is 18.9 Å². The van der Waals surface area contributed by atoms with Crippen LogP contribution >= 0.6 is 17.3 Å². The molecule has 33 heavy (non-hydrogen) atoms. The monoisotopic (exact) mass is 509 g/mol. The fourth-order valence-electron chi connectivity index (χ4n) is 4.98. The number of likely N-dealkylation sites (N-methyl/N-ethyl adjacent to an activating group) is 1. The number of ether oxygens (including phenoxy) is 4. The van der Waals surface area contributed by atoms with Crippen molar-refractivity contribution in [1.29, 1.82) is 0 Å². The molecule has 3 aliphatic rings. The molecule has 0 aromatic heterocycles. The highest BCUT2D eigenvalue weighted by Crippen LogP contribution is 2.35. The molecule has 13 atom stereocenters. The molecule has 2 fully saturated rings. The first-order valence-corrected chi connectivity index (χ1v) is 14.4. The van der Waals surface area contributed by atoms with Crippen LogP contribution in [0.25, 0.3) is 0 Å². The molecule has 1 saturated carbocycles. The van der Waals surface area contributed by atoms with Crippen LogP contribution in [0.15, 0.2) is 11.8 Å². The second kappa shape index (κ2) is 11.8. The summed E-state index contributed by atoms with van der Waals surface area (Å²) in [7, 11) is 4.77. The fraction of sp³-hybridized carbons (Fsp3) is 0.905. The first-order chi connectivity index (χ1) is 15.6. The van der Waals surface area contributed by atoms with Crippen molar-refractivity contribution >= 4 is 17.3 Å². The molecule has 0 spiro atoms. The maximum Gasteiger partial charge on any atom is 0.215 e. The van der Waals surface area contributed by atoms with Gasteiger partial charge in [0.2, 0.25) is 6.29 Å². The minimum Gasteiger partial charge on any atom is -0.468 e. The Hall–Kier alpha value is 0.0400. The molecule has 10 nitrogen and oxygen atoms in total. The second-order valence-electron chi connectivity index (χ2n) is 9.50. The predicted octanol–water partition coefficient (Wildman–Crippen LogP) is -0.0769. The summed E-state index contributed by atoms with van der Waals surface area (Å²) >= 11 is 0. The molecule has 12 heteroatoms. The number of rotatable bonds is 8. The van der Waals surface area contributed by atoms with Crippen LogP contribution in [-0.4, -0.2) is 89.7 Å². The molecule has 3 rings (SSSR count). The minimum absolute atomic E-state index is 0.0280. The van der Waals surface area contributed by atoms with E-state index < -0.39 is 54.7 Å². The molecular formula is C21H41N3O7P2. The molecule has 0 amide bonds. The zero-order chi connectivity index (χ0) is 24.3.